The van der Waals surface area contributed by atoms with Crippen LogP contribution in [0.3, 0.4) is 0 Å². The third kappa shape index (κ3) is 4.85. The van der Waals surface area contributed by atoms with Crippen molar-refractivity contribution in [2.75, 3.05) is 0 Å². The number of fused-ring (bicyclic) bond motifs is 3. The van der Waals surface area contributed by atoms with Gasteiger partial charge in [0.05, 0.1) is 11.5 Å². The fourth-order valence-electron chi connectivity index (χ4n) is 10.7. The van der Waals surface area contributed by atoms with Crippen LogP contribution in [0.15, 0.2) is 12.1 Å². The van der Waals surface area contributed by atoms with Gasteiger partial charge in [-0.15, -0.1) is 0 Å². The molecule has 4 aliphatic rings. The van der Waals surface area contributed by atoms with E-state index in [-0.39, 0.29) is 36.4 Å². The van der Waals surface area contributed by atoms with E-state index in [9.17, 15) is 34.2 Å². The van der Waals surface area contributed by atoms with Crippen LogP contribution >= 0.6 is 0 Å². The smallest absolute Gasteiger partial charge is 0.190 e. The summed E-state index contributed by atoms with van der Waals surface area (Å²) in [4.78, 5) is 86.5. The fraction of sp³-hybridized carbons (Fsp3) is 0.700. The Hall–Kier alpha value is -3.00. The number of aliphatic hydroxyl groups is 1. The van der Waals surface area contributed by atoms with Crippen molar-refractivity contribution in [1.82, 2.24) is 0 Å². The summed E-state index contributed by atoms with van der Waals surface area (Å²) in [6.07, 6.45) is 4.60. The maximum absolute atomic E-state index is 15.1. The molecule has 1 aromatic carbocycles. The lowest BCUT2D eigenvalue weighted by molar-refractivity contribution is -0.226. The van der Waals surface area contributed by atoms with Crippen molar-refractivity contribution in [3.63, 3.8) is 0 Å². The zero-order valence-corrected chi connectivity index (χ0v) is 30.2. The molecule has 8 atom stereocenters. The zero-order valence-electron chi connectivity index (χ0n) is 30.2. The minimum Gasteiger partial charge on any atom is -0.507 e. The molecule has 262 valence electrons. The largest absolute Gasteiger partial charge is 0.507 e. The van der Waals surface area contributed by atoms with Gasteiger partial charge in [-0.2, -0.15) is 0 Å². The lowest BCUT2D eigenvalue weighted by atomic mass is 9.34. The van der Waals surface area contributed by atoms with Gasteiger partial charge in [0.25, 0.3) is 0 Å². The second-order valence-corrected chi connectivity index (χ2v) is 17.1. The maximum atomic E-state index is 15.1. The third-order valence-electron chi connectivity index (χ3n) is 13.4. The summed E-state index contributed by atoms with van der Waals surface area (Å²) in [7, 11) is 0. The molecule has 0 spiro atoms. The van der Waals surface area contributed by atoms with Gasteiger partial charge in [-0.3, -0.25) is 28.8 Å². The molecule has 3 saturated carbocycles. The number of hydrogen-bond donors (Lipinski definition) is 2. The number of carbonyl (C=O) groups is 6. The Morgan fingerprint density at radius 1 is 1.00 bits per heavy atom. The first-order valence-electron chi connectivity index (χ1n) is 18.0. The standard InChI is InChI=1S/C40H54O8/c1-10-23(41)19-27-38(8)21(4)24-16-17-25(37(5,6)7)32(43)28(24)33(44)31(38)36(47)40(48)35(46)29(26(42)18-15-22-13-11-12-14-22)34(45)30(20(2)3)39(27,40)9/h16-17,20-22,27,29-31,43,48H,10-15,18-19H2,1-9H3/t21-,27-,29?,30?,31?,38-,39-,40+/m1/s1. The van der Waals surface area contributed by atoms with Gasteiger partial charge in [0.1, 0.15) is 17.5 Å². The van der Waals surface area contributed by atoms with Gasteiger partial charge in [-0.05, 0) is 52.0 Å². The minimum absolute atomic E-state index is 0.00962. The molecule has 0 aliphatic heterocycles. The lowest BCUT2D eigenvalue weighted by Gasteiger charge is -2.67. The fourth-order valence-corrected chi connectivity index (χ4v) is 10.7. The van der Waals surface area contributed by atoms with E-state index < -0.39 is 86.3 Å². The lowest BCUT2D eigenvalue weighted by Crippen LogP contribution is -2.80. The summed E-state index contributed by atoms with van der Waals surface area (Å²) in [6.45, 7) is 16.1. The van der Waals surface area contributed by atoms with Crippen LogP contribution < -0.4 is 0 Å². The number of benzene rings is 1. The molecular weight excluding hydrogens is 608 g/mol. The van der Waals surface area contributed by atoms with Crippen molar-refractivity contribution in [3.05, 3.63) is 28.8 Å². The summed E-state index contributed by atoms with van der Waals surface area (Å²) in [6, 6.07) is 3.57. The average molecular weight is 663 g/mol. The first kappa shape index (κ1) is 36.3. The molecule has 0 aromatic heterocycles. The van der Waals surface area contributed by atoms with Crippen LogP contribution in [0.4, 0.5) is 0 Å². The number of carbonyl (C=O) groups excluding carboxylic acids is 6. The van der Waals surface area contributed by atoms with Crippen LogP contribution in [0.1, 0.15) is 141 Å². The van der Waals surface area contributed by atoms with Gasteiger partial charge in [-0.1, -0.05) is 100 Å². The van der Waals surface area contributed by atoms with Gasteiger partial charge in [-0.25, -0.2) is 0 Å². The second kappa shape index (κ2) is 12.1. The molecule has 0 amide bonds. The van der Waals surface area contributed by atoms with Crippen molar-refractivity contribution >= 4 is 34.7 Å². The minimum atomic E-state index is -2.88. The van der Waals surface area contributed by atoms with Gasteiger partial charge < -0.3 is 10.2 Å². The summed E-state index contributed by atoms with van der Waals surface area (Å²) < 4.78 is 0. The van der Waals surface area contributed by atoms with Crippen LogP contribution in [0, 0.1) is 46.3 Å². The number of aromatic hydroxyl groups is 1. The van der Waals surface area contributed by atoms with Crippen molar-refractivity contribution < 1.29 is 39.0 Å². The molecule has 2 N–H and O–H groups in total. The first-order valence-corrected chi connectivity index (χ1v) is 18.0. The summed E-state index contributed by atoms with van der Waals surface area (Å²) in [5, 5.41) is 24.5. The Morgan fingerprint density at radius 3 is 2.15 bits per heavy atom. The van der Waals surface area contributed by atoms with Crippen LogP contribution in [0.5, 0.6) is 5.75 Å². The Bertz CT molecular complexity index is 1570. The number of phenolic OH excluding ortho intramolecular Hbond substituents is 1. The number of rotatable bonds is 8. The highest BCUT2D eigenvalue weighted by atomic mass is 16.3. The highest BCUT2D eigenvalue weighted by Crippen LogP contribution is 2.70. The molecule has 48 heavy (non-hydrogen) atoms. The highest BCUT2D eigenvalue weighted by molar-refractivity contribution is 6.33. The van der Waals surface area contributed by atoms with Gasteiger partial charge in [0, 0.05) is 30.6 Å². The first-order chi connectivity index (χ1) is 22.2. The topological polar surface area (TPSA) is 143 Å². The Kier molecular flexibility index (Phi) is 9.15. The van der Waals surface area contributed by atoms with E-state index in [0.29, 0.717) is 23.5 Å². The molecule has 0 heterocycles. The molecular formula is C40H54O8. The Balaban J connectivity index is 1.76. The molecule has 8 nitrogen and oxygen atoms in total. The van der Waals surface area contributed by atoms with E-state index >= 15 is 4.79 Å². The molecule has 3 fully saturated rings. The SMILES string of the molecule is CCC(=O)C[C@@H]1[C@]2(C)C(C(=O)c3c(ccc(C(C)(C)C)c3O)[C@H]2C)C(=O)[C@@]2(O)C(=O)C(C(=O)CCC3CCCC3)C(=O)C(C(C)C)[C@@]12C. The van der Waals surface area contributed by atoms with Crippen molar-refractivity contribution in [1.29, 1.82) is 0 Å². The van der Waals surface area contributed by atoms with Crippen molar-refractivity contribution in [2.24, 2.45) is 46.3 Å². The van der Waals surface area contributed by atoms with E-state index in [0.717, 1.165) is 25.7 Å². The monoisotopic (exact) mass is 662 g/mol. The van der Waals surface area contributed by atoms with Crippen LogP contribution in [0.25, 0.3) is 0 Å². The molecule has 5 rings (SSSR count). The van der Waals surface area contributed by atoms with E-state index in [1.165, 1.54) is 0 Å². The van der Waals surface area contributed by atoms with E-state index in [4.69, 9.17) is 0 Å². The molecule has 0 saturated heterocycles. The maximum Gasteiger partial charge on any atom is 0.190 e. The molecule has 8 heteroatoms. The van der Waals surface area contributed by atoms with Crippen molar-refractivity contribution in [3.8, 4) is 5.75 Å². The quantitative estimate of drug-likeness (QED) is 0.301. The normalized spacial score (nSPS) is 35.4. The van der Waals surface area contributed by atoms with Crippen LogP contribution in [-0.2, 0) is 29.4 Å². The molecule has 0 radical (unpaired) electrons. The van der Waals surface area contributed by atoms with E-state index in [1.54, 1.807) is 46.8 Å². The second-order valence-electron chi connectivity index (χ2n) is 17.1. The van der Waals surface area contributed by atoms with Gasteiger partial charge in [0.15, 0.2) is 34.5 Å². The van der Waals surface area contributed by atoms with Gasteiger partial charge in [0.2, 0.25) is 0 Å². The van der Waals surface area contributed by atoms with E-state index in [1.807, 2.05) is 27.7 Å². The number of Topliss-reactive ketones (excluding diaryl/α,β-unsaturated/α-hetero) is 6. The van der Waals surface area contributed by atoms with E-state index in [2.05, 4.69) is 0 Å². The number of phenols is 1. The van der Waals surface area contributed by atoms with Gasteiger partial charge >= 0.3 is 0 Å². The van der Waals surface area contributed by atoms with Crippen LogP contribution in [-0.4, -0.2) is 50.5 Å². The molecule has 1 aromatic rings. The summed E-state index contributed by atoms with van der Waals surface area (Å²) in [5.74, 6) is -10.8. The predicted octanol–water partition coefficient (Wildman–Crippen LogP) is 6.50. The number of hydrogen-bond acceptors (Lipinski definition) is 8. The molecule has 0 bridgehead atoms. The summed E-state index contributed by atoms with van der Waals surface area (Å²) >= 11 is 0. The van der Waals surface area contributed by atoms with Crippen LogP contribution in [0.2, 0.25) is 0 Å². The predicted molar refractivity (Wildman–Crippen MR) is 181 cm³/mol. The third-order valence-corrected chi connectivity index (χ3v) is 13.4. The molecule has 3 unspecified atom stereocenters. The summed E-state index contributed by atoms with van der Waals surface area (Å²) in [5.41, 5.74) is -5.49. The zero-order chi connectivity index (χ0) is 35.9. The average Bonchev–Trinajstić information content (AvgIpc) is 3.52. The molecule has 4 aliphatic carbocycles. The highest BCUT2D eigenvalue weighted by Gasteiger charge is 2.80. The Labute approximate surface area is 284 Å². The van der Waals surface area contributed by atoms with Crippen molar-refractivity contribution in [2.45, 2.75) is 131 Å². The number of ketones is 6. The Morgan fingerprint density at radius 2 is 1.60 bits per heavy atom.